The Morgan fingerprint density at radius 2 is 1.92 bits per heavy atom. The minimum Gasteiger partial charge on any atom is -0.455 e. The minimum atomic E-state index is -0.453. The molecular formula is C19H18N2O3S2. The number of amides is 1. The standard InChI is InChI=1S/C19H18N2O3S2/c1-2-21(15-7-4-3-5-8-15)17(22)12-24-18(23)11-14-13-26-19(20-14)16-9-6-10-25-16/h3-10,13H,2,11-12H2,1H3. The first-order chi connectivity index (χ1) is 12.7. The van der Waals surface area contributed by atoms with Crippen LogP contribution in [0.25, 0.3) is 9.88 Å². The van der Waals surface area contributed by atoms with Crippen molar-refractivity contribution in [2.45, 2.75) is 13.3 Å². The summed E-state index contributed by atoms with van der Waals surface area (Å²) in [6.45, 7) is 2.12. The number of thiazole rings is 1. The molecule has 1 aromatic carbocycles. The molecule has 0 aliphatic rings. The smallest absolute Gasteiger partial charge is 0.312 e. The van der Waals surface area contributed by atoms with Crippen molar-refractivity contribution >= 4 is 40.2 Å². The third-order valence-corrected chi connectivity index (χ3v) is 5.58. The topological polar surface area (TPSA) is 59.5 Å². The zero-order valence-corrected chi connectivity index (χ0v) is 15.9. The van der Waals surface area contributed by atoms with Gasteiger partial charge in [-0.3, -0.25) is 9.59 Å². The first-order valence-corrected chi connectivity index (χ1v) is 9.92. The first-order valence-electron chi connectivity index (χ1n) is 8.16. The van der Waals surface area contributed by atoms with E-state index in [4.69, 9.17) is 4.74 Å². The third kappa shape index (κ3) is 4.56. The number of thiophene rings is 1. The summed E-state index contributed by atoms with van der Waals surface area (Å²) >= 11 is 3.10. The molecule has 0 fully saturated rings. The van der Waals surface area contributed by atoms with Crippen molar-refractivity contribution in [2.75, 3.05) is 18.1 Å². The van der Waals surface area contributed by atoms with E-state index < -0.39 is 5.97 Å². The molecule has 0 radical (unpaired) electrons. The van der Waals surface area contributed by atoms with Crippen molar-refractivity contribution in [3.8, 4) is 9.88 Å². The van der Waals surface area contributed by atoms with Crippen LogP contribution in [-0.4, -0.2) is 30.0 Å². The molecule has 2 aromatic heterocycles. The maximum Gasteiger partial charge on any atom is 0.312 e. The molecule has 0 aliphatic carbocycles. The van der Waals surface area contributed by atoms with E-state index in [1.165, 1.54) is 11.3 Å². The molecule has 5 nitrogen and oxygen atoms in total. The molecule has 134 valence electrons. The van der Waals surface area contributed by atoms with E-state index in [1.54, 1.807) is 16.2 Å². The number of hydrogen-bond acceptors (Lipinski definition) is 6. The lowest BCUT2D eigenvalue weighted by Crippen LogP contribution is -2.34. The number of carbonyl (C=O) groups excluding carboxylic acids is 2. The van der Waals surface area contributed by atoms with Gasteiger partial charge >= 0.3 is 5.97 Å². The van der Waals surface area contributed by atoms with Gasteiger partial charge in [-0.25, -0.2) is 4.98 Å². The number of anilines is 1. The van der Waals surface area contributed by atoms with E-state index in [9.17, 15) is 9.59 Å². The van der Waals surface area contributed by atoms with Gasteiger partial charge in [-0.2, -0.15) is 0 Å². The van der Waals surface area contributed by atoms with E-state index in [-0.39, 0.29) is 18.9 Å². The summed E-state index contributed by atoms with van der Waals surface area (Å²) in [6.07, 6.45) is 0.0621. The van der Waals surface area contributed by atoms with Crippen molar-refractivity contribution in [1.82, 2.24) is 4.98 Å². The number of carbonyl (C=O) groups is 2. The van der Waals surface area contributed by atoms with Crippen molar-refractivity contribution < 1.29 is 14.3 Å². The Morgan fingerprint density at radius 3 is 2.62 bits per heavy atom. The largest absolute Gasteiger partial charge is 0.455 e. The van der Waals surface area contributed by atoms with Crippen LogP contribution in [0.4, 0.5) is 5.69 Å². The summed E-state index contributed by atoms with van der Waals surface area (Å²) in [5.41, 5.74) is 1.45. The van der Waals surface area contributed by atoms with Gasteiger partial charge in [-0.1, -0.05) is 24.3 Å². The fourth-order valence-corrected chi connectivity index (χ4v) is 4.07. The molecule has 0 unspecified atom stereocenters. The Bertz CT molecular complexity index is 860. The minimum absolute atomic E-state index is 0.0621. The van der Waals surface area contributed by atoms with E-state index in [2.05, 4.69) is 4.98 Å². The Hall–Kier alpha value is -2.51. The van der Waals surface area contributed by atoms with Crippen molar-refractivity contribution in [2.24, 2.45) is 0 Å². The summed E-state index contributed by atoms with van der Waals surface area (Å²) < 4.78 is 5.15. The average molecular weight is 386 g/mol. The van der Waals surface area contributed by atoms with Gasteiger partial charge in [-0.15, -0.1) is 22.7 Å². The molecule has 3 rings (SSSR count). The van der Waals surface area contributed by atoms with Crippen LogP contribution in [0.5, 0.6) is 0 Å². The van der Waals surface area contributed by atoms with Crippen LogP contribution < -0.4 is 4.90 Å². The molecule has 1 amide bonds. The fraction of sp³-hybridized carbons (Fsp3) is 0.211. The first kappa shape index (κ1) is 18.3. The Labute approximate surface area is 159 Å². The Kier molecular flexibility index (Phi) is 6.14. The summed E-state index contributed by atoms with van der Waals surface area (Å²) in [7, 11) is 0. The highest BCUT2D eigenvalue weighted by Crippen LogP contribution is 2.27. The number of para-hydroxylation sites is 1. The van der Waals surface area contributed by atoms with Crippen LogP contribution in [0.3, 0.4) is 0 Å². The highest BCUT2D eigenvalue weighted by molar-refractivity contribution is 7.20. The molecule has 0 saturated carbocycles. The van der Waals surface area contributed by atoms with Crippen molar-refractivity contribution in [3.63, 3.8) is 0 Å². The van der Waals surface area contributed by atoms with Gasteiger partial charge in [0.2, 0.25) is 0 Å². The SMILES string of the molecule is CCN(C(=O)COC(=O)Cc1csc(-c2cccs2)n1)c1ccccc1. The van der Waals surface area contributed by atoms with E-state index in [1.807, 2.05) is 60.1 Å². The van der Waals surface area contributed by atoms with Gasteiger partial charge in [0.15, 0.2) is 6.61 Å². The molecule has 3 aromatic rings. The third-order valence-electron chi connectivity index (χ3n) is 3.65. The zero-order chi connectivity index (χ0) is 18.4. The van der Waals surface area contributed by atoms with Crippen LogP contribution in [0.1, 0.15) is 12.6 Å². The lowest BCUT2D eigenvalue weighted by atomic mass is 10.3. The fourth-order valence-electron chi connectivity index (χ4n) is 2.43. The number of benzene rings is 1. The second-order valence-electron chi connectivity index (χ2n) is 5.43. The number of hydrogen-bond donors (Lipinski definition) is 0. The normalized spacial score (nSPS) is 10.5. The molecule has 0 aliphatic heterocycles. The van der Waals surface area contributed by atoms with Gasteiger partial charge in [0.25, 0.3) is 5.91 Å². The maximum atomic E-state index is 12.3. The maximum absolute atomic E-state index is 12.3. The van der Waals surface area contributed by atoms with Gasteiger partial charge in [0, 0.05) is 17.6 Å². The van der Waals surface area contributed by atoms with Gasteiger partial charge in [0.05, 0.1) is 17.0 Å². The molecule has 7 heteroatoms. The number of esters is 1. The number of aromatic nitrogens is 1. The summed E-state index contributed by atoms with van der Waals surface area (Å²) in [5.74, 6) is -0.699. The van der Waals surface area contributed by atoms with Gasteiger partial charge in [-0.05, 0) is 30.5 Å². The number of rotatable bonds is 7. The molecule has 0 spiro atoms. The molecule has 0 bridgehead atoms. The Balaban J connectivity index is 1.53. The molecule has 0 saturated heterocycles. The quantitative estimate of drug-likeness (QED) is 0.576. The van der Waals surface area contributed by atoms with Gasteiger partial charge in [0.1, 0.15) is 5.01 Å². The van der Waals surface area contributed by atoms with Crippen LogP contribution in [0.2, 0.25) is 0 Å². The number of nitrogens with zero attached hydrogens (tertiary/aromatic N) is 2. The highest BCUT2D eigenvalue weighted by Gasteiger charge is 2.17. The highest BCUT2D eigenvalue weighted by atomic mass is 32.1. The molecular weight excluding hydrogens is 368 g/mol. The summed E-state index contributed by atoms with van der Waals surface area (Å²) in [4.78, 5) is 31.5. The van der Waals surface area contributed by atoms with Gasteiger partial charge < -0.3 is 9.64 Å². The van der Waals surface area contributed by atoms with E-state index >= 15 is 0 Å². The zero-order valence-electron chi connectivity index (χ0n) is 14.3. The number of ether oxygens (including phenoxy) is 1. The summed E-state index contributed by atoms with van der Waals surface area (Å²) in [6, 6.07) is 13.3. The lowest BCUT2D eigenvalue weighted by Gasteiger charge is -2.20. The van der Waals surface area contributed by atoms with Crippen molar-refractivity contribution in [3.05, 3.63) is 58.9 Å². The van der Waals surface area contributed by atoms with Crippen LogP contribution >= 0.6 is 22.7 Å². The van der Waals surface area contributed by atoms with Crippen LogP contribution in [0.15, 0.2) is 53.2 Å². The molecule has 0 atom stereocenters. The van der Waals surface area contributed by atoms with E-state index in [0.29, 0.717) is 12.2 Å². The lowest BCUT2D eigenvalue weighted by molar-refractivity contribution is -0.147. The van der Waals surface area contributed by atoms with Crippen LogP contribution in [0, 0.1) is 0 Å². The van der Waals surface area contributed by atoms with Crippen LogP contribution in [-0.2, 0) is 20.7 Å². The predicted octanol–water partition coefficient (Wildman–Crippen LogP) is 4.01. The second-order valence-corrected chi connectivity index (χ2v) is 7.24. The predicted molar refractivity (Wildman–Crippen MR) is 105 cm³/mol. The summed E-state index contributed by atoms with van der Waals surface area (Å²) in [5, 5.41) is 4.73. The Morgan fingerprint density at radius 1 is 1.12 bits per heavy atom. The monoisotopic (exact) mass is 386 g/mol. The molecule has 2 heterocycles. The average Bonchev–Trinajstić information content (AvgIpc) is 3.33. The number of likely N-dealkylation sites (N-methyl/N-ethyl adjacent to an activating group) is 1. The molecule has 0 N–H and O–H groups in total. The van der Waals surface area contributed by atoms with E-state index in [0.717, 1.165) is 15.6 Å². The second kappa shape index (κ2) is 8.73. The molecule has 26 heavy (non-hydrogen) atoms. The van der Waals surface area contributed by atoms with Crippen molar-refractivity contribution in [1.29, 1.82) is 0 Å².